The number of phenolic OH excluding ortho intramolecular Hbond substituents is 1. The van der Waals surface area contributed by atoms with E-state index in [4.69, 9.17) is 31.2 Å². The average Bonchev–Trinajstić information content (AvgIpc) is 2.63. The quantitative estimate of drug-likeness (QED) is 0.342. The van der Waals surface area contributed by atoms with Gasteiger partial charge in [0.05, 0.1) is 11.6 Å². The van der Waals surface area contributed by atoms with Crippen molar-refractivity contribution in [3.8, 4) is 11.5 Å². The van der Waals surface area contributed by atoms with Crippen LogP contribution in [-0.4, -0.2) is 36.8 Å². The fraction of sp³-hybridized carbons (Fsp3) is 0.400. The first-order valence-electron chi connectivity index (χ1n) is 8.85. The number of carbonyl (C=O) groups is 1. The molecule has 0 spiro atoms. The minimum Gasteiger partial charge on any atom is -0.507 e. The number of allylic oxidation sites excluding steroid dienone is 3. The number of cyclic esters (lactones) is 1. The SMILES string of the molecule is CCOCOc1cc(O)c2c(c1Cl)CC(=N)/C=C/CC/C=C/CCOC2=O. The van der Waals surface area contributed by atoms with Gasteiger partial charge in [-0.15, -0.1) is 0 Å². The number of ether oxygens (including phenoxy) is 3. The molecule has 0 saturated carbocycles. The van der Waals surface area contributed by atoms with Gasteiger partial charge in [-0.2, -0.15) is 0 Å². The number of carbonyl (C=O) groups excluding carboxylic acids is 1. The summed E-state index contributed by atoms with van der Waals surface area (Å²) in [4.78, 5) is 12.5. The van der Waals surface area contributed by atoms with Crippen LogP contribution >= 0.6 is 11.6 Å². The number of halogens is 1. The minimum atomic E-state index is -0.678. The lowest BCUT2D eigenvalue weighted by molar-refractivity contribution is 0.0223. The molecular formula is C20H24ClNO5. The fourth-order valence-corrected chi connectivity index (χ4v) is 2.83. The van der Waals surface area contributed by atoms with E-state index in [-0.39, 0.29) is 47.6 Å². The van der Waals surface area contributed by atoms with Crippen LogP contribution in [-0.2, 0) is 15.9 Å². The molecule has 0 radical (unpaired) electrons. The maximum Gasteiger partial charge on any atom is 0.342 e. The summed E-state index contributed by atoms with van der Waals surface area (Å²) in [5.41, 5.74) is 0.520. The average molecular weight is 394 g/mol. The van der Waals surface area contributed by atoms with E-state index in [0.717, 1.165) is 12.8 Å². The molecule has 0 bridgehead atoms. The standard InChI is InChI=1S/C20H24ClNO5/c1-2-25-13-27-17-12-16(23)18-15(19(17)21)11-14(22)9-7-5-3-4-6-8-10-26-20(18)24/h4,6-7,9,12,22-23H,2-3,5,8,10-11,13H2,1H3/b6-4+,9-7+,22-14?. The van der Waals surface area contributed by atoms with Gasteiger partial charge in [-0.05, 0) is 37.8 Å². The summed E-state index contributed by atoms with van der Waals surface area (Å²) in [7, 11) is 0. The summed E-state index contributed by atoms with van der Waals surface area (Å²) >= 11 is 6.43. The highest BCUT2D eigenvalue weighted by Gasteiger charge is 2.24. The van der Waals surface area contributed by atoms with Crippen LogP contribution in [0.15, 0.2) is 30.4 Å². The van der Waals surface area contributed by atoms with Gasteiger partial charge in [-0.25, -0.2) is 4.79 Å². The lowest BCUT2D eigenvalue weighted by Crippen LogP contribution is -2.13. The summed E-state index contributed by atoms with van der Waals surface area (Å²) in [6.45, 7) is 2.44. The Hall–Kier alpha value is -2.31. The zero-order valence-corrected chi connectivity index (χ0v) is 16.1. The van der Waals surface area contributed by atoms with Crippen LogP contribution in [0.3, 0.4) is 0 Å². The lowest BCUT2D eigenvalue weighted by Gasteiger charge is -2.16. The Morgan fingerprint density at radius 1 is 1.26 bits per heavy atom. The predicted molar refractivity (Wildman–Crippen MR) is 104 cm³/mol. The van der Waals surface area contributed by atoms with Gasteiger partial charge in [0.1, 0.15) is 17.1 Å². The molecule has 27 heavy (non-hydrogen) atoms. The van der Waals surface area contributed by atoms with Crippen molar-refractivity contribution in [3.05, 3.63) is 46.5 Å². The van der Waals surface area contributed by atoms with Gasteiger partial charge >= 0.3 is 5.97 Å². The zero-order valence-electron chi connectivity index (χ0n) is 15.3. The third-order valence-electron chi connectivity index (χ3n) is 3.88. The van der Waals surface area contributed by atoms with Crippen LogP contribution in [0, 0.1) is 5.41 Å². The Balaban J connectivity index is 2.41. The van der Waals surface area contributed by atoms with E-state index < -0.39 is 5.97 Å². The molecule has 0 aliphatic carbocycles. The van der Waals surface area contributed by atoms with Crippen molar-refractivity contribution < 1.29 is 24.1 Å². The number of aromatic hydroxyl groups is 1. The molecule has 1 aliphatic heterocycles. The van der Waals surface area contributed by atoms with E-state index in [0.29, 0.717) is 18.6 Å². The molecule has 0 fully saturated rings. The number of hydrogen-bond donors (Lipinski definition) is 2. The molecule has 1 aromatic carbocycles. The number of esters is 1. The Labute approximate surface area is 163 Å². The molecule has 2 rings (SSSR count). The molecule has 0 atom stereocenters. The number of phenols is 1. The van der Waals surface area contributed by atoms with Gasteiger partial charge < -0.3 is 24.7 Å². The summed E-state index contributed by atoms with van der Waals surface area (Å²) in [5, 5.41) is 18.7. The number of benzene rings is 1. The van der Waals surface area contributed by atoms with Gasteiger partial charge in [-0.1, -0.05) is 29.8 Å². The van der Waals surface area contributed by atoms with E-state index in [1.165, 1.54) is 6.07 Å². The van der Waals surface area contributed by atoms with Crippen LogP contribution in [0.2, 0.25) is 5.02 Å². The summed E-state index contributed by atoms with van der Waals surface area (Å²) in [5.74, 6) is -0.789. The Morgan fingerprint density at radius 3 is 2.78 bits per heavy atom. The fourth-order valence-electron chi connectivity index (χ4n) is 2.55. The van der Waals surface area contributed by atoms with Crippen LogP contribution in [0.25, 0.3) is 0 Å². The molecule has 7 heteroatoms. The summed E-state index contributed by atoms with van der Waals surface area (Å²) < 4.78 is 15.8. The van der Waals surface area contributed by atoms with Gasteiger partial charge in [0.25, 0.3) is 0 Å². The Kier molecular flexibility index (Phi) is 8.36. The van der Waals surface area contributed by atoms with E-state index in [1.54, 1.807) is 6.08 Å². The normalized spacial score (nSPS) is 18.1. The maximum atomic E-state index is 12.5. The third-order valence-corrected chi connectivity index (χ3v) is 4.30. The highest BCUT2D eigenvalue weighted by Crippen LogP contribution is 2.38. The van der Waals surface area contributed by atoms with Crippen LogP contribution in [0.1, 0.15) is 42.1 Å². The highest BCUT2D eigenvalue weighted by atomic mass is 35.5. The minimum absolute atomic E-state index is 0.0389. The van der Waals surface area contributed by atoms with E-state index in [9.17, 15) is 9.90 Å². The number of rotatable bonds is 4. The van der Waals surface area contributed by atoms with Crippen LogP contribution < -0.4 is 4.74 Å². The van der Waals surface area contributed by atoms with Crippen molar-refractivity contribution in [2.45, 2.75) is 32.6 Å². The molecule has 1 heterocycles. The van der Waals surface area contributed by atoms with Crippen molar-refractivity contribution in [2.24, 2.45) is 0 Å². The van der Waals surface area contributed by atoms with Gasteiger partial charge in [0, 0.05) is 24.8 Å². The molecule has 0 saturated heterocycles. The lowest BCUT2D eigenvalue weighted by atomic mass is 9.99. The zero-order chi connectivity index (χ0) is 19.6. The van der Waals surface area contributed by atoms with Crippen molar-refractivity contribution in [2.75, 3.05) is 20.0 Å². The smallest absolute Gasteiger partial charge is 0.342 e. The topological polar surface area (TPSA) is 88.8 Å². The number of fused-ring (bicyclic) bond motifs is 1. The predicted octanol–water partition coefficient (Wildman–Crippen LogP) is 4.43. The van der Waals surface area contributed by atoms with E-state index in [2.05, 4.69) is 0 Å². The van der Waals surface area contributed by atoms with Crippen molar-refractivity contribution in [1.82, 2.24) is 0 Å². The molecule has 0 aromatic heterocycles. The van der Waals surface area contributed by atoms with Crippen molar-refractivity contribution in [1.29, 1.82) is 5.41 Å². The maximum absolute atomic E-state index is 12.5. The number of hydrogen-bond acceptors (Lipinski definition) is 6. The summed E-state index contributed by atoms with van der Waals surface area (Å²) in [6.07, 6.45) is 9.84. The van der Waals surface area contributed by atoms with Crippen molar-refractivity contribution >= 4 is 23.3 Å². The van der Waals surface area contributed by atoms with Crippen molar-refractivity contribution in [3.63, 3.8) is 0 Å². The Bertz CT molecular complexity index is 742. The van der Waals surface area contributed by atoms with Crippen LogP contribution in [0.5, 0.6) is 11.5 Å². The Morgan fingerprint density at radius 2 is 2.00 bits per heavy atom. The molecule has 2 N–H and O–H groups in total. The molecule has 146 valence electrons. The largest absolute Gasteiger partial charge is 0.507 e. The molecule has 1 aliphatic rings. The second kappa shape index (κ2) is 10.7. The first kappa shape index (κ1) is 21.0. The monoisotopic (exact) mass is 393 g/mol. The van der Waals surface area contributed by atoms with Crippen LogP contribution in [0.4, 0.5) is 0 Å². The first-order valence-corrected chi connectivity index (χ1v) is 9.23. The molecular weight excluding hydrogens is 370 g/mol. The van der Waals surface area contributed by atoms with Gasteiger partial charge in [-0.3, -0.25) is 0 Å². The molecule has 0 unspecified atom stereocenters. The molecule has 0 amide bonds. The molecule has 6 nitrogen and oxygen atoms in total. The van der Waals surface area contributed by atoms with E-state index >= 15 is 0 Å². The highest BCUT2D eigenvalue weighted by molar-refractivity contribution is 6.33. The second-order valence-electron chi connectivity index (χ2n) is 5.89. The van der Waals surface area contributed by atoms with Gasteiger partial charge in [0.2, 0.25) is 0 Å². The first-order chi connectivity index (χ1) is 13.0. The second-order valence-corrected chi connectivity index (χ2v) is 6.27. The van der Waals surface area contributed by atoms with E-state index in [1.807, 2.05) is 25.2 Å². The van der Waals surface area contributed by atoms with Gasteiger partial charge in [0.15, 0.2) is 6.79 Å². The third kappa shape index (κ3) is 6.12. The molecule has 1 aromatic rings. The number of nitrogens with one attached hydrogen (secondary N) is 1. The summed E-state index contributed by atoms with van der Waals surface area (Å²) in [6, 6.07) is 1.27.